The molecule has 1 rings (SSSR count). The smallest absolute Gasteiger partial charge is 0.129 e. The second-order valence-corrected chi connectivity index (χ2v) is 2.94. The third-order valence-corrected chi connectivity index (χ3v) is 1.89. The minimum absolute atomic E-state index is 0.0825. The monoisotopic (exact) mass is 210 g/mol. The van der Waals surface area contributed by atoms with Gasteiger partial charge >= 0.3 is 0 Å². The van der Waals surface area contributed by atoms with Gasteiger partial charge in [-0.1, -0.05) is 24.3 Å². The van der Waals surface area contributed by atoms with Gasteiger partial charge in [-0.2, -0.15) is 10.5 Å². The first kappa shape index (κ1) is 11.6. The molecule has 0 aliphatic heterocycles. The first-order valence-electron chi connectivity index (χ1n) is 4.62. The lowest BCUT2D eigenvalue weighted by Crippen LogP contribution is -1.81. The largest absolute Gasteiger partial charge is 0.497 e. The predicted octanol–water partition coefficient (Wildman–Crippen LogP) is 2.68. The van der Waals surface area contributed by atoms with E-state index in [9.17, 15) is 0 Å². The molecular weight excluding hydrogens is 200 g/mol. The maximum absolute atomic E-state index is 8.51. The summed E-state index contributed by atoms with van der Waals surface area (Å²) in [4.78, 5) is 0. The molecule has 1 aromatic carbocycles. The summed E-state index contributed by atoms with van der Waals surface area (Å²) < 4.78 is 5.07. The number of rotatable bonds is 3. The van der Waals surface area contributed by atoms with Gasteiger partial charge in [0.2, 0.25) is 0 Å². The molecule has 0 heterocycles. The van der Waals surface area contributed by atoms with E-state index in [0.717, 1.165) is 11.3 Å². The zero-order chi connectivity index (χ0) is 11.8. The highest BCUT2D eigenvalue weighted by molar-refractivity contribution is 5.54. The van der Waals surface area contributed by atoms with Gasteiger partial charge in [-0.05, 0) is 23.8 Å². The molecule has 0 aliphatic rings. The number of nitrogens with zero attached hydrogens (tertiary/aromatic N) is 2. The van der Waals surface area contributed by atoms with Crippen LogP contribution in [0.1, 0.15) is 5.56 Å². The molecular formula is C13H10N2O. The van der Waals surface area contributed by atoms with E-state index in [2.05, 4.69) is 0 Å². The summed E-state index contributed by atoms with van der Waals surface area (Å²) in [6.45, 7) is 0. The maximum Gasteiger partial charge on any atom is 0.129 e. The van der Waals surface area contributed by atoms with Crippen LogP contribution in [-0.2, 0) is 0 Å². The van der Waals surface area contributed by atoms with Crippen LogP contribution in [-0.4, -0.2) is 7.11 Å². The van der Waals surface area contributed by atoms with Crippen molar-refractivity contribution in [3.63, 3.8) is 0 Å². The third-order valence-electron chi connectivity index (χ3n) is 1.89. The zero-order valence-corrected chi connectivity index (χ0v) is 8.84. The predicted molar refractivity (Wildman–Crippen MR) is 61.3 cm³/mol. The van der Waals surface area contributed by atoms with Crippen molar-refractivity contribution in [3.8, 4) is 17.9 Å². The molecule has 0 radical (unpaired) electrons. The Labute approximate surface area is 94.5 Å². The second kappa shape index (κ2) is 6.06. The van der Waals surface area contributed by atoms with Crippen LogP contribution in [0.4, 0.5) is 0 Å². The Morgan fingerprint density at radius 1 is 1.31 bits per heavy atom. The summed E-state index contributed by atoms with van der Waals surface area (Å²) in [5.41, 5.74) is 1.03. The molecule has 0 aromatic heterocycles. The van der Waals surface area contributed by atoms with Gasteiger partial charge < -0.3 is 4.74 Å². The van der Waals surface area contributed by atoms with Crippen LogP contribution in [0.2, 0.25) is 0 Å². The van der Waals surface area contributed by atoms with Crippen LogP contribution in [0.15, 0.2) is 42.0 Å². The fraction of sp³-hybridized carbons (Fsp3) is 0.0769. The molecule has 0 spiro atoms. The normalized spacial score (nSPS) is 9.19. The number of methoxy groups -OCH3 is 1. The van der Waals surface area contributed by atoms with Crippen molar-refractivity contribution < 1.29 is 4.74 Å². The summed E-state index contributed by atoms with van der Waals surface area (Å²) in [5.74, 6) is 0.770. The van der Waals surface area contributed by atoms with Crippen molar-refractivity contribution in [1.82, 2.24) is 0 Å². The summed E-state index contributed by atoms with van der Waals surface area (Å²) in [5, 5.41) is 17.0. The summed E-state index contributed by atoms with van der Waals surface area (Å²) in [7, 11) is 1.60. The van der Waals surface area contributed by atoms with Gasteiger partial charge in [0.15, 0.2) is 0 Å². The molecule has 0 bridgehead atoms. The molecule has 3 heteroatoms. The van der Waals surface area contributed by atoms with Crippen molar-refractivity contribution in [1.29, 1.82) is 10.5 Å². The highest BCUT2D eigenvalue weighted by Crippen LogP contribution is 2.13. The fourth-order valence-electron chi connectivity index (χ4n) is 1.10. The molecule has 0 fully saturated rings. The molecule has 0 N–H and O–H groups in total. The summed E-state index contributed by atoms with van der Waals surface area (Å²) in [6.07, 6.45) is 4.94. The lowest BCUT2D eigenvalue weighted by atomic mass is 10.2. The van der Waals surface area contributed by atoms with Crippen LogP contribution in [0.3, 0.4) is 0 Å². The molecule has 78 valence electrons. The Morgan fingerprint density at radius 3 is 2.69 bits per heavy atom. The second-order valence-electron chi connectivity index (χ2n) is 2.94. The van der Waals surface area contributed by atoms with Gasteiger partial charge in [0, 0.05) is 0 Å². The van der Waals surface area contributed by atoms with E-state index >= 15 is 0 Å². The van der Waals surface area contributed by atoms with Crippen LogP contribution in [0.25, 0.3) is 6.08 Å². The molecule has 1 aromatic rings. The lowest BCUT2D eigenvalue weighted by Gasteiger charge is -1.99. The molecule has 0 unspecified atom stereocenters. The van der Waals surface area contributed by atoms with Gasteiger partial charge in [-0.25, -0.2) is 0 Å². The maximum atomic E-state index is 8.51. The number of ether oxygens (including phenoxy) is 1. The van der Waals surface area contributed by atoms with Crippen molar-refractivity contribution in [3.05, 3.63) is 47.6 Å². The molecule has 3 nitrogen and oxygen atoms in total. The number of hydrogen-bond donors (Lipinski definition) is 0. The van der Waals surface area contributed by atoms with Crippen molar-refractivity contribution in [2.45, 2.75) is 0 Å². The Morgan fingerprint density at radius 2 is 2.06 bits per heavy atom. The van der Waals surface area contributed by atoms with Crippen LogP contribution in [0.5, 0.6) is 5.75 Å². The number of benzene rings is 1. The van der Waals surface area contributed by atoms with Gasteiger partial charge in [-0.3, -0.25) is 0 Å². The van der Waals surface area contributed by atoms with Gasteiger partial charge in [0.05, 0.1) is 7.11 Å². The lowest BCUT2D eigenvalue weighted by molar-refractivity contribution is 0.414. The Bertz CT molecular complexity index is 485. The molecule has 0 atom stereocenters. The van der Waals surface area contributed by atoms with E-state index < -0.39 is 0 Å². The van der Waals surface area contributed by atoms with E-state index in [-0.39, 0.29) is 5.57 Å². The van der Waals surface area contributed by atoms with Crippen molar-refractivity contribution >= 4 is 6.08 Å². The summed E-state index contributed by atoms with van der Waals surface area (Å²) in [6, 6.07) is 11.1. The molecule has 0 amide bonds. The third kappa shape index (κ3) is 3.32. The van der Waals surface area contributed by atoms with Crippen molar-refractivity contribution in [2.75, 3.05) is 7.11 Å². The topological polar surface area (TPSA) is 56.8 Å². The summed E-state index contributed by atoms with van der Waals surface area (Å²) >= 11 is 0. The zero-order valence-electron chi connectivity index (χ0n) is 8.84. The molecule has 16 heavy (non-hydrogen) atoms. The van der Waals surface area contributed by atoms with Crippen LogP contribution in [0, 0.1) is 22.7 Å². The Balaban J connectivity index is 2.82. The molecule has 0 saturated carbocycles. The standard InChI is InChI=1S/C13H10N2O/c1-16-13-7-3-5-11(8-13)4-2-6-12(9-14)10-15/h2-8H,1H3/b4-2+. The first-order valence-corrected chi connectivity index (χ1v) is 4.62. The van der Waals surface area contributed by atoms with Gasteiger partial charge in [-0.15, -0.1) is 0 Å². The average Bonchev–Trinajstić information content (AvgIpc) is 2.35. The van der Waals surface area contributed by atoms with E-state index in [1.54, 1.807) is 31.4 Å². The van der Waals surface area contributed by atoms with Gasteiger partial charge in [0.1, 0.15) is 23.5 Å². The first-order chi connectivity index (χ1) is 7.80. The Hall–Kier alpha value is -2.52. The van der Waals surface area contributed by atoms with Crippen LogP contribution >= 0.6 is 0 Å². The van der Waals surface area contributed by atoms with Crippen molar-refractivity contribution in [2.24, 2.45) is 0 Å². The Kier molecular flexibility index (Phi) is 4.37. The highest BCUT2D eigenvalue weighted by Gasteiger charge is 1.91. The average molecular weight is 210 g/mol. The minimum Gasteiger partial charge on any atom is -0.497 e. The van der Waals surface area contributed by atoms with E-state index in [4.69, 9.17) is 15.3 Å². The number of nitriles is 2. The number of hydrogen-bond acceptors (Lipinski definition) is 3. The van der Waals surface area contributed by atoms with E-state index in [1.807, 2.05) is 24.3 Å². The van der Waals surface area contributed by atoms with Gasteiger partial charge in [0.25, 0.3) is 0 Å². The molecule has 0 aliphatic carbocycles. The number of allylic oxidation sites excluding steroid dienone is 3. The SMILES string of the molecule is COc1cccc(/C=C/C=C(C#N)C#N)c1. The highest BCUT2D eigenvalue weighted by atomic mass is 16.5. The quantitative estimate of drug-likeness (QED) is 0.569. The molecule has 0 saturated heterocycles. The fourth-order valence-corrected chi connectivity index (χ4v) is 1.10. The van der Waals surface area contributed by atoms with E-state index in [1.165, 1.54) is 6.08 Å². The van der Waals surface area contributed by atoms with Crippen LogP contribution < -0.4 is 4.74 Å². The van der Waals surface area contributed by atoms with E-state index in [0.29, 0.717) is 0 Å². The minimum atomic E-state index is 0.0825.